The summed E-state index contributed by atoms with van der Waals surface area (Å²) >= 11 is 1.19. The maximum absolute atomic E-state index is 14.1. The van der Waals surface area contributed by atoms with E-state index in [1.54, 1.807) is 39.0 Å². The van der Waals surface area contributed by atoms with Crippen LogP contribution in [0.15, 0.2) is 75.7 Å². The third-order valence-electron chi connectivity index (χ3n) is 6.93. The highest BCUT2D eigenvalue weighted by Crippen LogP contribution is 2.34. The van der Waals surface area contributed by atoms with E-state index in [0.717, 1.165) is 22.8 Å². The van der Waals surface area contributed by atoms with Crippen LogP contribution in [0.5, 0.6) is 5.75 Å². The summed E-state index contributed by atoms with van der Waals surface area (Å²) in [6.07, 6.45) is 2.63. The molecule has 0 aliphatic carbocycles. The molecule has 0 amide bonds. The Hall–Kier alpha value is -4.57. The molecule has 0 radical (unpaired) electrons. The van der Waals surface area contributed by atoms with Crippen molar-refractivity contribution in [2.75, 3.05) is 13.2 Å². The molecule has 1 atom stereocenters. The highest BCUT2D eigenvalue weighted by atomic mass is 32.1. The first-order valence-electron chi connectivity index (χ1n) is 13.3. The second-order valence-corrected chi connectivity index (χ2v) is 10.7. The first-order chi connectivity index (χ1) is 19.7. The largest absolute Gasteiger partial charge is 0.493 e. The lowest BCUT2D eigenvalue weighted by atomic mass is 9.94. The molecule has 210 valence electrons. The van der Waals surface area contributed by atoms with E-state index >= 15 is 0 Å². The van der Waals surface area contributed by atoms with E-state index in [0.29, 0.717) is 38.5 Å². The molecule has 0 unspecified atom stereocenters. The summed E-state index contributed by atoms with van der Waals surface area (Å²) in [5, 5.41) is 13.7. The van der Waals surface area contributed by atoms with Crippen LogP contribution in [0.4, 0.5) is 5.69 Å². The fourth-order valence-corrected chi connectivity index (χ4v) is 6.02. The van der Waals surface area contributed by atoms with Gasteiger partial charge in [-0.2, -0.15) is 0 Å². The number of nitrogens with zero attached hydrogens (tertiary/aromatic N) is 3. The molecular weight excluding hydrogens is 542 g/mol. The van der Waals surface area contributed by atoms with Gasteiger partial charge in [0.2, 0.25) is 0 Å². The Morgan fingerprint density at radius 1 is 1.15 bits per heavy atom. The lowest BCUT2D eigenvalue weighted by molar-refractivity contribution is -0.385. The summed E-state index contributed by atoms with van der Waals surface area (Å²) in [4.78, 5) is 43.6. The molecule has 4 aromatic rings. The Morgan fingerprint density at radius 2 is 1.93 bits per heavy atom. The zero-order chi connectivity index (χ0) is 29.3. The number of carbonyl (C=O) groups is 1. The highest BCUT2D eigenvalue weighted by Gasteiger charge is 2.34. The van der Waals surface area contributed by atoms with Gasteiger partial charge in [-0.15, -0.1) is 0 Å². The van der Waals surface area contributed by atoms with Gasteiger partial charge < -0.3 is 9.47 Å². The van der Waals surface area contributed by atoms with Gasteiger partial charge in [0.05, 0.1) is 40.0 Å². The van der Waals surface area contributed by atoms with Crippen LogP contribution in [0.25, 0.3) is 16.8 Å². The van der Waals surface area contributed by atoms with Crippen LogP contribution >= 0.6 is 11.3 Å². The molecule has 1 aliphatic rings. The number of esters is 1. The lowest BCUT2D eigenvalue weighted by Crippen LogP contribution is -2.40. The zero-order valence-electron chi connectivity index (χ0n) is 23.2. The van der Waals surface area contributed by atoms with Crippen LogP contribution in [0.2, 0.25) is 0 Å². The van der Waals surface area contributed by atoms with Gasteiger partial charge in [-0.05, 0) is 55.7 Å². The molecule has 0 N–H and O–H groups in total. The minimum atomic E-state index is -0.949. The molecule has 2 heterocycles. The Morgan fingerprint density at radius 3 is 2.66 bits per heavy atom. The normalized spacial score (nSPS) is 15.0. The van der Waals surface area contributed by atoms with E-state index in [9.17, 15) is 19.7 Å². The average molecular weight is 572 g/mol. The number of carbonyl (C=O) groups excluding carboxylic acids is 1. The molecule has 0 bridgehead atoms. The number of nitro groups is 1. The fourth-order valence-electron chi connectivity index (χ4n) is 4.99. The number of nitro benzene ring substituents is 1. The molecule has 3 aromatic carbocycles. The number of fused-ring (bicyclic) bond motifs is 2. The van der Waals surface area contributed by atoms with E-state index in [1.165, 1.54) is 22.0 Å². The van der Waals surface area contributed by atoms with E-state index in [-0.39, 0.29) is 23.4 Å². The average Bonchev–Trinajstić information content (AvgIpc) is 3.26. The van der Waals surface area contributed by atoms with Gasteiger partial charge in [0.1, 0.15) is 5.75 Å². The van der Waals surface area contributed by atoms with Gasteiger partial charge in [-0.1, -0.05) is 60.7 Å². The van der Waals surface area contributed by atoms with Gasteiger partial charge >= 0.3 is 5.97 Å². The zero-order valence-corrected chi connectivity index (χ0v) is 24.0. The van der Waals surface area contributed by atoms with Gasteiger partial charge in [0.25, 0.3) is 11.2 Å². The van der Waals surface area contributed by atoms with Crippen LogP contribution in [0.3, 0.4) is 0 Å². The maximum atomic E-state index is 14.1. The SMILES string of the molecule is CCCOc1ccc2ccccc2c1/C=c1/sc2n(c1=O)[C@@H](c1ccc(C)c([N+](=O)[O-])c1)C(C(=O)OCC)=C(C)N=2. The Kier molecular flexibility index (Phi) is 7.85. The summed E-state index contributed by atoms with van der Waals surface area (Å²) in [7, 11) is 0. The van der Waals surface area contributed by atoms with Crippen molar-refractivity contribution < 1.29 is 19.2 Å². The Balaban J connectivity index is 1.78. The van der Waals surface area contributed by atoms with Crippen molar-refractivity contribution in [1.29, 1.82) is 0 Å². The molecule has 0 saturated heterocycles. The third-order valence-corrected chi connectivity index (χ3v) is 7.91. The number of ether oxygens (including phenoxy) is 2. The second kappa shape index (κ2) is 11.5. The predicted molar refractivity (Wildman–Crippen MR) is 158 cm³/mol. The lowest BCUT2D eigenvalue weighted by Gasteiger charge is -2.24. The summed E-state index contributed by atoms with van der Waals surface area (Å²) in [5.41, 5.74) is 1.75. The molecule has 1 aliphatic heterocycles. The van der Waals surface area contributed by atoms with Crippen LogP contribution in [-0.2, 0) is 9.53 Å². The van der Waals surface area contributed by atoms with E-state index < -0.39 is 16.9 Å². The molecule has 1 aromatic heterocycles. The number of rotatable bonds is 8. The molecule has 10 heteroatoms. The molecule has 5 rings (SSSR count). The summed E-state index contributed by atoms with van der Waals surface area (Å²) in [6.45, 7) is 7.69. The van der Waals surface area contributed by atoms with Gasteiger partial charge in [0, 0.05) is 17.2 Å². The minimum Gasteiger partial charge on any atom is -0.493 e. The van der Waals surface area contributed by atoms with Crippen molar-refractivity contribution in [2.24, 2.45) is 4.99 Å². The Labute approximate surface area is 239 Å². The maximum Gasteiger partial charge on any atom is 0.338 e. The third kappa shape index (κ3) is 5.18. The molecule has 41 heavy (non-hydrogen) atoms. The Bertz CT molecular complexity index is 1900. The van der Waals surface area contributed by atoms with Gasteiger partial charge in [0.15, 0.2) is 4.80 Å². The first kappa shape index (κ1) is 28.0. The predicted octanol–water partition coefficient (Wildman–Crippen LogP) is 4.96. The number of hydrogen-bond acceptors (Lipinski definition) is 8. The number of allylic oxidation sites excluding steroid dienone is 1. The second-order valence-electron chi connectivity index (χ2n) is 9.65. The molecule has 0 fully saturated rings. The number of aromatic nitrogens is 1. The van der Waals surface area contributed by atoms with Crippen molar-refractivity contribution in [3.8, 4) is 5.75 Å². The van der Waals surface area contributed by atoms with Crippen molar-refractivity contribution >= 4 is 39.8 Å². The first-order valence-corrected chi connectivity index (χ1v) is 14.2. The smallest absolute Gasteiger partial charge is 0.338 e. The van der Waals surface area contributed by atoms with Gasteiger partial charge in [-0.25, -0.2) is 9.79 Å². The van der Waals surface area contributed by atoms with Gasteiger partial charge in [-0.3, -0.25) is 19.5 Å². The summed E-state index contributed by atoms with van der Waals surface area (Å²) < 4.78 is 13.2. The number of hydrogen-bond donors (Lipinski definition) is 0. The molecule has 0 spiro atoms. The number of aryl methyl sites for hydroxylation is 1. The summed E-state index contributed by atoms with van der Waals surface area (Å²) in [6, 6.07) is 15.5. The van der Waals surface area contributed by atoms with Crippen LogP contribution < -0.4 is 19.6 Å². The topological polar surface area (TPSA) is 113 Å². The number of benzene rings is 3. The van der Waals surface area contributed by atoms with Crippen LogP contribution in [-0.4, -0.2) is 28.7 Å². The molecule has 9 nitrogen and oxygen atoms in total. The van der Waals surface area contributed by atoms with E-state index in [4.69, 9.17) is 9.47 Å². The van der Waals surface area contributed by atoms with Crippen molar-refractivity contribution in [1.82, 2.24) is 4.57 Å². The van der Waals surface area contributed by atoms with Crippen molar-refractivity contribution in [3.05, 3.63) is 112 Å². The molecule has 0 saturated carbocycles. The summed E-state index contributed by atoms with van der Waals surface area (Å²) in [5.74, 6) is 0.0334. The highest BCUT2D eigenvalue weighted by molar-refractivity contribution is 7.07. The van der Waals surface area contributed by atoms with Crippen molar-refractivity contribution in [3.63, 3.8) is 0 Å². The molecular formula is C31H29N3O6S. The fraction of sp³-hybridized carbons (Fsp3) is 0.258. The van der Waals surface area contributed by atoms with Crippen molar-refractivity contribution in [2.45, 2.75) is 40.2 Å². The van der Waals surface area contributed by atoms with Crippen LogP contribution in [0.1, 0.15) is 49.9 Å². The van der Waals surface area contributed by atoms with Crippen LogP contribution in [0, 0.1) is 17.0 Å². The quantitative estimate of drug-likeness (QED) is 0.168. The van der Waals surface area contributed by atoms with E-state index in [1.807, 2.05) is 43.3 Å². The van der Waals surface area contributed by atoms with E-state index in [2.05, 4.69) is 4.99 Å². The minimum absolute atomic E-state index is 0.101. The standard InChI is InChI=1S/C31H29N3O6S/c1-5-15-40-25-14-13-20-9-7-8-10-22(20)23(25)17-26-29(35)33-28(21-12-11-18(3)24(16-21)34(37)38)27(30(36)39-6-2)19(4)32-31(33)41-26/h7-14,16-17,28H,5-6,15H2,1-4H3/b26-17+/t28-/m0/s1. The monoisotopic (exact) mass is 571 g/mol. The number of thiazole rings is 1.